The van der Waals surface area contributed by atoms with E-state index in [0.717, 1.165) is 4.88 Å². The molecule has 1 amide bonds. The molecule has 0 radical (unpaired) electrons. The highest BCUT2D eigenvalue weighted by Gasteiger charge is 2.12. The third kappa shape index (κ3) is 4.36. The molecule has 0 bridgehead atoms. The average molecular weight is 403 g/mol. The number of benzene rings is 1. The predicted molar refractivity (Wildman–Crippen MR) is 104 cm³/mol. The summed E-state index contributed by atoms with van der Waals surface area (Å²) in [7, 11) is 0. The number of nitrogens with zero attached hydrogens (tertiary/aromatic N) is 1. The molecule has 0 atom stereocenters. The summed E-state index contributed by atoms with van der Waals surface area (Å²) >= 11 is 13.6. The molecule has 2 heterocycles. The minimum absolute atomic E-state index is 0.0374. The van der Waals surface area contributed by atoms with E-state index in [1.807, 2.05) is 23.6 Å². The molecule has 1 aromatic carbocycles. The highest BCUT2D eigenvalue weighted by atomic mass is 35.5. The van der Waals surface area contributed by atoms with Gasteiger partial charge in [-0.25, -0.2) is 0 Å². The largest absolute Gasteiger partial charge is 0.457 e. The third-order valence-electron chi connectivity index (χ3n) is 3.48. The Hall–Kier alpha value is -2.52. The lowest BCUT2D eigenvalue weighted by Crippen LogP contribution is -2.23. The van der Waals surface area contributed by atoms with E-state index < -0.39 is 5.91 Å². The Morgan fingerprint density at radius 3 is 2.81 bits per heavy atom. The van der Waals surface area contributed by atoms with E-state index in [4.69, 9.17) is 27.6 Å². The molecular formula is C19H12Cl2N2O2S. The van der Waals surface area contributed by atoms with Crippen molar-refractivity contribution in [2.45, 2.75) is 6.54 Å². The number of halogens is 2. The number of amides is 1. The zero-order valence-electron chi connectivity index (χ0n) is 13.3. The monoisotopic (exact) mass is 402 g/mol. The van der Waals surface area contributed by atoms with Gasteiger partial charge in [-0.1, -0.05) is 29.3 Å². The highest BCUT2D eigenvalue weighted by molar-refractivity contribution is 7.09. The molecule has 0 unspecified atom stereocenters. The van der Waals surface area contributed by atoms with Crippen molar-refractivity contribution in [2.75, 3.05) is 0 Å². The number of furan rings is 1. The molecule has 0 spiro atoms. The third-order valence-corrected chi connectivity index (χ3v) is 4.90. The van der Waals surface area contributed by atoms with Crippen molar-refractivity contribution in [1.82, 2.24) is 5.32 Å². The van der Waals surface area contributed by atoms with Crippen LogP contribution in [0.3, 0.4) is 0 Å². The summed E-state index contributed by atoms with van der Waals surface area (Å²) in [6.07, 6.45) is 1.40. The quantitative estimate of drug-likeness (QED) is 0.449. The second-order valence-corrected chi connectivity index (χ2v) is 7.13. The second kappa shape index (κ2) is 8.24. The molecule has 1 N–H and O–H groups in total. The smallest absolute Gasteiger partial charge is 0.262 e. The lowest BCUT2D eigenvalue weighted by atomic mass is 10.2. The molecule has 7 heteroatoms. The van der Waals surface area contributed by atoms with Gasteiger partial charge in [-0.05, 0) is 41.8 Å². The average Bonchev–Trinajstić information content (AvgIpc) is 3.29. The fourth-order valence-corrected chi connectivity index (χ4v) is 3.38. The first kappa shape index (κ1) is 18.3. The summed E-state index contributed by atoms with van der Waals surface area (Å²) in [5.41, 5.74) is 0.640. The van der Waals surface area contributed by atoms with E-state index >= 15 is 0 Å². The minimum atomic E-state index is -0.455. The number of nitrogens with one attached hydrogen (secondary N) is 1. The van der Waals surface area contributed by atoms with Crippen molar-refractivity contribution >= 4 is 46.5 Å². The first-order valence-electron chi connectivity index (χ1n) is 7.54. The van der Waals surface area contributed by atoms with Gasteiger partial charge in [0.25, 0.3) is 5.91 Å². The lowest BCUT2D eigenvalue weighted by molar-refractivity contribution is -0.117. The molecule has 3 aromatic rings. The van der Waals surface area contributed by atoms with Crippen molar-refractivity contribution in [3.63, 3.8) is 0 Å². The van der Waals surface area contributed by atoms with Crippen LogP contribution < -0.4 is 5.32 Å². The van der Waals surface area contributed by atoms with Crippen molar-refractivity contribution in [2.24, 2.45) is 0 Å². The molecule has 0 fully saturated rings. The number of hydrogen-bond donors (Lipinski definition) is 1. The Bertz CT molecular complexity index is 1000. The number of thiophene rings is 1. The number of rotatable bonds is 5. The van der Waals surface area contributed by atoms with Gasteiger partial charge in [0.05, 0.1) is 11.6 Å². The fourth-order valence-electron chi connectivity index (χ4n) is 2.23. The standard InChI is InChI=1S/C19H12Cl2N2O2S/c20-13-3-5-16(17(21)9-13)18-6-4-14(25-18)8-12(10-22)19(24)23-11-15-2-1-7-26-15/h1-9H,11H2,(H,23,24)/b12-8+. The van der Waals surface area contributed by atoms with Crippen molar-refractivity contribution in [3.8, 4) is 17.4 Å². The molecule has 0 aliphatic carbocycles. The van der Waals surface area contributed by atoms with E-state index in [9.17, 15) is 10.1 Å². The number of nitriles is 1. The van der Waals surface area contributed by atoms with Gasteiger partial charge >= 0.3 is 0 Å². The Balaban J connectivity index is 1.76. The highest BCUT2D eigenvalue weighted by Crippen LogP contribution is 2.31. The first-order valence-corrected chi connectivity index (χ1v) is 9.18. The molecule has 4 nitrogen and oxygen atoms in total. The molecule has 0 aliphatic heterocycles. The maximum atomic E-state index is 12.2. The van der Waals surface area contributed by atoms with Gasteiger partial charge in [0.15, 0.2) is 0 Å². The number of carbonyl (C=O) groups excluding carboxylic acids is 1. The summed E-state index contributed by atoms with van der Waals surface area (Å²) in [6.45, 7) is 0.374. The van der Waals surface area contributed by atoms with Gasteiger partial charge in [-0.2, -0.15) is 5.26 Å². The van der Waals surface area contributed by atoms with Crippen molar-refractivity contribution in [3.05, 3.63) is 74.1 Å². The Labute approximate surface area is 164 Å². The molecule has 0 aliphatic rings. The fraction of sp³-hybridized carbons (Fsp3) is 0.0526. The SMILES string of the molecule is N#C/C(=C\c1ccc(-c2ccc(Cl)cc2Cl)o1)C(=O)NCc1cccs1. The zero-order chi connectivity index (χ0) is 18.5. The molecule has 26 heavy (non-hydrogen) atoms. The Kier molecular flexibility index (Phi) is 5.79. The molecule has 0 saturated carbocycles. The van der Waals surface area contributed by atoms with E-state index in [0.29, 0.717) is 33.7 Å². The van der Waals surface area contributed by atoms with Gasteiger partial charge in [0.2, 0.25) is 0 Å². The zero-order valence-corrected chi connectivity index (χ0v) is 15.7. The lowest BCUT2D eigenvalue weighted by Gasteiger charge is -2.02. The van der Waals surface area contributed by atoms with Gasteiger partial charge < -0.3 is 9.73 Å². The van der Waals surface area contributed by atoms with Gasteiger partial charge in [0.1, 0.15) is 23.2 Å². The summed E-state index contributed by atoms with van der Waals surface area (Å²) in [5, 5.41) is 14.9. The van der Waals surface area contributed by atoms with Gasteiger partial charge in [-0.15, -0.1) is 11.3 Å². The van der Waals surface area contributed by atoms with Crippen LogP contribution in [0.1, 0.15) is 10.6 Å². The van der Waals surface area contributed by atoms with Crippen LogP contribution >= 0.6 is 34.5 Å². The molecule has 2 aromatic heterocycles. The Morgan fingerprint density at radius 2 is 2.12 bits per heavy atom. The minimum Gasteiger partial charge on any atom is -0.457 e. The van der Waals surface area contributed by atoms with Crippen molar-refractivity contribution < 1.29 is 9.21 Å². The van der Waals surface area contributed by atoms with Crippen molar-refractivity contribution in [1.29, 1.82) is 5.26 Å². The van der Waals surface area contributed by atoms with Crippen LogP contribution in [-0.4, -0.2) is 5.91 Å². The molecule has 0 saturated heterocycles. The summed E-state index contributed by atoms with van der Waals surface area (Å²) in [6, 6.07) is 14.2. The molecule has 130 valence electrons. The van der Waals surface area contributed by atoms with Gasteiger partial charge in [0, 0.05) is 21.5 Å². The van der Waals surface area contributed by atoms with Crippen LogP contribution in [0.15, 0.2) is 57.8 Å². The summed E-state index contributed by atoms with van der Waals surface area (Å²) in [5.74, 6) is 0.450. The normalized spacial score (nSPS) is 11.2. The second-order valence-electron chi connectivity index (χ2n) is 5.26. The number of hydrogen-bond acceptors (Lipinski definition) is 4. The Morgan fingerprint density at radius 1 is 1.27 bits per heavy atom. The van der Waals surface area contributed by atoms with Crippen LogP contribution in [0.2, 0.25) is 10.0 Å². The predicted octanol–water partition coefficient (Wildman–Crippen LogP) is 5.54. The van der Waals surface area contributed by atoms with Crippen LogP contribution in [0, 0.1) is 11.3 Å². The van der Waals surface area contributed by atoms with E-state index in [2.05, 4.69) is 5.32 Å². The van der Waals surface area contributed by atoms with Crippen LogP contribution in [0.5, 0.6) is 0 Å². The summed E-state index contributed by atoms with van der Waals surface area (Å²) < 4.78 is 5.69. The maximum Gasteiger partial charge on any atom is 0.262 e. The molecule has 3 rings (SSSR count). The first-order chi connectivity index (χ1) is 12.6. The number of carbonyl (C=O) groups is 1. The summed E-state index contributed by atoms with van der Waals surface area (Å²) in [4.78, 5) is 13.2. The van der Waals surface area contributed by atoms with Crippen LogP contribution in [0.25, 0.3) is 17.4 Å². The van der Waals surface area contributed by atoms with E-state index in [-0.39, 0.29) is 5.57 Å². The topological polar surface area (TPSA) is 66.0 Å². The van der Waals surface area contributed by atoms with Crippen LogP contribution in [-0.2, 0) is 11.3 Å². The van der Waals surface area contributed by atoms with Crippen LogP contribution in [0.4, 0.5) is 0 Å². The van der Waals surface area contributed by atoms with Gasteiger partial charge in [-0.3, -0.25) is 4.79 Å². The van der Waals surface area contributed by atoms with E-state index in [1.54, 1.807) is 30.3 Å². The maximum absolute atomic E-state index is 12.2. The molecular weight excluding hydrogens is 391 g/mol. The van der Waals surface area contributed by atoms with E-state index in [1.165, 1.54) is 17.4 Å².